The number of quaternary nitrogens is 2. The minimum atomic E-state index is -0.247. The van der Waals surface area contributed by atoms with Gasteiger partial charge in [0.15, 0.2) is 0 Å². The van der Waals surface area contributed by atoms with Gasteiger partial charge in [-0.15, -0.1) is 0 Å². The summed E-state index contributed by atoms with van der Waals surface area (Å²) in [5.74, 6) is 0. The van der Waals surface area contributed by atoms with E-state index >= 15 is 0 Å². The number of halogens is 4. The van der Waals surface area contributed by atoms with E-state index in [0.717, 1.165) is 48.2 Å². The maximum absolute atomic E-state index is 10.0. The van der Waals surface area contributed by atoms with Gasteiger partial charge in [-0.1, -0.05) is 31.9 Å². The van der Waals surface area contributed by atoms with Crippen LogP contribution in [0.3, 0.4) is 0 Å². The SMILES string of the molecule is CC[N+](CC)(CCCCCC[N+](CC)(CC)CC(O)CBr)CC(O)CBr.[Br-].[Br-]. The van der Waals surface area contributed by atoms with E-state index < -0.39 is 0 Å². The number of rotatable bonds is 17. The van der Waals surface area contributed by atoms with E-state index in [0.29, 0.717) is 10.7 Å². The van der Waals surface area contributed by atoms with Gasteiger partial charge in [0.2, 0.25) is 0 Å². The topological polar surface area (TPSA) is 40.5 Å². The van der Waals surface area contributed by atoms with Gasteiger partial charge < -0.3 is 53.1 Å². The summed E-state index contributed by atoms with van der Waals surface area (Å²) in [7, 11) is 0. The molecule has 0 aliphatic rings. The fourth-order valence-corrected chi connectivity index (χ4v) is 4.43. The maximum atomic E-state index is 10.0. The third kappa shape index (κ3) is 13.2. The third-order valence-corrected chi connectivity index (χ3v) is 7.75. The van der Waals surface area contributed by atoms with E-state index in [1.165, 1.54) is 38.8 Å². The minimum absolute atomic E-state index is 0. The lowest BCUT2D eigenvalue weighted by molar-refractivity contribution is -0.928. The highest BCUT2D eigenvalue weighted by Gasteiger charge is 2.27. The van der Waals surface area contributed by atoms with Crippen molar-refractivity contribution >= 4 is 31.9 Å². The Balaban J connectivity index is -0.00000312. The first kappa shape index (κ1) is 34.4. The predicted octanol–water partition coefficient (Wildman–Crippen LogP) is -2.22. The standard InChI is InChI=1S/C20H44Br2N2O2.2BrH/c1-5-23(6-2,17-19(25)15-21)13-11-9-10-12-14-24(7-3,8-4)18-20(26)16-22;;/h19-20,25-26H,5-18H2,1-4H3;2*1H/q+2;;/p-2. The lowest BCUT2D eigenvalue weighted by Crippen LogP contribution is -3.00. The van der Waals surface area contributed by atoms with E-state index in [1.54, 1.807) is 0 Å². The second-order valence-electron chi connectivity index (χ2n) is 7.79. The number of aliphatic hydroxyl groups is 2. The van der Waals surface area contributed by atoms with E-state index in [1.807, 2.05) is 0 Å². The van der Waals surface area contributed by atoms with Gasteiger partial charge in [-0.05, 0) is 53.4 Å². The summed E-state index contributed by atoms with van der Waals surface area (Å²) in [5.41, 5.74) is 0. The smallest absolute Gasteiger partial charge is 0.113 e. The minimum Gasteiger partial charge on any atom is -1.00 e. The van der Waals surface area contributed by atoms with Crippen molar-refractivity contribution in [2.45, 2.75) is 65.6 Å². The van der Waals surface area contributed by atoms with E-state index in [9.17, 15) is 10.2 Å². The molecule has 0 saturated heterocycles. The number of nitrogens with zero attached hydrogens (tertiary/aromatic N) is 2. The summed E-state index contributed by atoms with van der Waals surface area (Å²) in [4.78, 5) is 0. The van der Waals surface area contributed by atoms with Crippen LogP contribution in [-0.2, 0) is 0 Å². The number of hydrogen-bond donors (Lipinski definition) is 2. The van der Waals surface area contributed by atoms with Gasteiger partial charge in [0.1, 0.15) is 25.3 Å². The molecule has 2 unspecified atom stereocenters. The van der Waals surface area contributed by atoms with Crippen LogP contribution in [0.2, 0.25) is 0 Å². The zero-order chi connectivity index (χ0) is 20.1. The van der Waals surface area contributed by atoms with Crippen LogP contribution < -0.4 is 34.0 Å². The Hall–Kier alpha value is 1.76. The van der Waals surface area contributed by atoms with Crippen LogP contribution in [0.25, 0.3) is 0 Å². The number of unbranched alkanes of at least 4 members (excludes halogenated alkanes) is 3. The summed E-state index contributed by atoms with van der Waals surface area (Å²) in [6, 6.07) is 0. The van der Waals surface area contributed by atoms with E-state index in [-0.39, 0.29) is 46.2 Å². The lowest BCUT2D eigenvalue weighted by Gasteiger charge is -2.39. The van der Waals surface area contributed by atoms with Gasteiger partial charge in [0, 0.05) is 10.7 Å². The van der Waals surface area contributed by atoms with Gasteiger partial charge in [-0.3, -0.25) is 0 Å². The van der Waals surface area contributed by atoms with Gasteiger partial charge in [-0.2, -0.15) is 0 Å². The molecule has 0 aromatic carbocycles. The monoisotopic (exact) mass is 660 g/mol. The van der Waals surface area contributed by atoms with Crippen molar-refractivity contribution in [3.63, 3.8) is 0 Å². The average molecular weight is 664 g/mol. The largest absolute Gasteiger partial charge is 1.00 e. The highest BCUT2D eigenvalue weighted by molar-refractivity contribution is 9.09. The molecule has 4 nitrogen and oxygen atoms in total. The molecule has 0 aliphatic heterocycles. The molecule has 28 heavy (non-hydrogen) atoms. The van der Waals surface area contributed by atoms with Crippen molar-refractivity contribution in [1.29, 1.82) is 0 Å². The molecule has 0 fully saturated rings. The Kier molecular flexibility index (Phi) is 23.9. The summed E-state index contributed by atoms with van der Waals surface area (Å²) < 4.78 is 2.04. The van der Waals surface area contributed by atoms with E-state index in [2.05, 4.69) is 59.6 Å². The molecule has 0 heterocycles. The normalized spacial score (nSPS) is 14.1. The first-order chi connectivity index (χ1) is 12.4. The Labute approximate surface area is 212 Å². The zero-order valence-electron chi connectivity index (χ0n) is 18.4. The molecule has 0 aromatic heterocycles. The molecule has 2 N–H and O–H groups in total. The molecule has 174 valence electrons. The number of likely N-dealkylation sites (N-methyl/N-ethyl adjacent to an activating group) is 2. The van der Waals surface area contributed by atoms with Gasteiger partial charge in [0.05, 0.1) is 39.3 Å². The number of hydrogen-bond acceptors (Lipinski definition) is 2. The van der Waals surface area contributed by atoms with Gasteiger partial charge >= 0.3 is 0 Å². The lowest BCUT2D eigenvalue weighted by atomic mass is 10.1. The molecule has 0 saturated carbocycles. The van der Waals surface area contributed by atoms with Crippen LogP contribution in [0.1, 0.15) is 53.4 Å². The van der Waals surface area contributed by atoms with Crippen molar-refractivity contribution in [3.05, 3.63) is 0 Å². The third-order valence-electron chi connectivity index (χ3n) is 6.25. The van der Waals surface area contributed by atoms with Crippen molar-refractivity contribution in [2.24, 2.45) is 0 Å². The maximum Gasteiger partial charge on any atom is 0.113 e. The zero-order valence-corrected chi connectivity index (χ0v) is 24.7. The van der Waals surface area contributed by atoms with Gasteiger partial charge in [0.25, 0.3) is 0 Å². The predicted molar refractivity (Wildman–Crippen MR) is 120 cm³/mol. The summed E-state index contributed by atoms with van der Waals surface area (Å²) in [5, 5.41) is 21.4. The van der Waals surface area contributed by atoms with Crippen molar-refractivity contribution in [2.75, 3.05) is 63.0 Å². The van der Waals surface area contributed by atoms with Gasteiger partial charge in [-0.25, -0.2) is 0 Å². The Bertz CT molecular complexity index is 312. The quantitative estimate of drug-likeness (QED) is 0.105. The second-order valence-corrected chi connectivity index (χ2v) is 9.09. The molecular weight excluding hydrogens is 620 g/mol. The molecule has 0 radical (unpaired) electrons. The summed E-state index contributed by atoms with van der Waals surface area (Å²) in [6.45, 7) is 17.4. The molecule has 2 atom stereocenters. The Morgan fingerprint density at radius 1 is 0.607 bits per heavy atom. The first-order valence-electron chi connectivity index (χ1n) is 10.5. The molecule has 0 spiro atoms. The van der Waals surface area contributed by atoms with Crippen LogP contribution in [0.4, 0.5) is 0 Å². The summed E-state index contributed by atoms with van der Waals surface area (Å²) >= 11 is 6.80. The Morgan fingerprint density at radius 3 is 1.11 bits per heavy atom. The second kappa shape index (κ2) is 19.4. The van der Waals surface area contributed by atoms with Crippen LogP contribution >= 0.6 is 31.9 Å². The van der Waals surface area contributed by atoms with E-state index in [4.69, 9.17) is 0 Å². The summed E-state index contributed by atoms with van der Waals surface area (Å²) in [6.07, 6.45) is 4.50. The highest BCUT2D eigenvalue weighted by Crippen LogP contribution is 2.16. The van der Waals surface area contributed by atoms with Crippen LogP contribution in [0.15, 0.2) is 0 Å². The first-order valence-corrected chi connectivity index (χ1v) is 12.8. The fraction of sp³-hybridized carbons (Fsp3) is 1.00. The van der Waals surface area contributed by atoms with Crippen molar-refractivity contribution in [3.8, 4) is 0 Å². The Morgan fingerprint density at radius 2 is 0.893 bits per heavy atom. The molecule has 0 aromatic rings. The number of aliphatic hydroxyl groups excluding tert-OH is 2. The molecule has 0 bridgehead atoms. The van der Waals surface area contributed by atoms with Crippen LogP contribution in [-0.4, -0.2) is 94.4 Å². The fourth-order valence-electron chi connectivity index (χ4n) is 4.02. The molecule has 0 amide bonds. The average Bonchev–Trinajstić information content (AvgIpc) is 2.68. The van der Waals surface area contributed by atoms with Crippen LogP contribution in [0, 0.1) is 0 Å². The highest BCUT2D eigenvalue weighted by atomic mass is 79.9. The van der Waals surface area contributed by atoms with Crippen molar-refractivity contribution in [1.82, 2.24) is 0 Å². The molecule has 0 aliphatic carbocycles. The number of alkyl halides is 2. The molecular formula is C20H44Br4N2O2. The van der Waals surface area contributed by atoms with Crippen LogP contribution in [0.5, 0.6) is 0 Å². The molecule has 0 rings (SSSR count). The van der Waals surface area contributed by atoms with Crippen molar-refractivity contribution < 1.29 is 53.1 Å². The molecule has 8 heteroatoms.